The van der Waals surface area contributed by atoms with Crippen LogP contribution in [0, 0.1) is 0 Å². The second kappa shape index (κ2) is 7.56. The Bertz CT molecular complexity index is 763. The lowest BCUT2D eigenvalue weighted by molar-refractivity contribution is -0.170. The number of benzene rings is 1. The summed E-state index contributed by atoms with van der Waals surface area (Å²) in [5.74, 6) is -3.61. The van der Waals surface area contributed by atoms with Gasteiger partial charge in [-0.3, -0.25) is 9.48 Å². The maximum Gasteiger partial charge on any atom is 0.471 e. The molecule has 1 aromatic heterocycles. The lowest BCUT2D eigenvalue weighted by atomic mass is 10.1. The van der Waals surface area contributed by atoms with Crippen LogP contribution in [0.15, 0.2) is 36.7 Å². The zero-order valence-electron chi connectivity index (χ0n) is 12.7. The van der Waals surface area contributed by atoms with Gasteiger partial charge < -0.3 is 10.0 Å². The van der Waals surface area contributed by atoms with E-state index in [2.05, 4.69) is 5.10 Å². The SMILES string of the molecule is O=C(O)c1ccc(Cl)cc1N(CCCn1cccn1)C(=O)C(F)(F)F. The van der Waals surface area contributed by atoms with Crippen molar-refractivity contribution in [2.45, 2.75) is 19.1 Å². The van der Waals surface area contributed by atoms with Gasteiger partial charge in [-0.25, -0.2) is 4.79 Å². The van der Waals surface area contributed by atoms with Crippen LogP contribution in [0.25, 0.3) is 0 Å². The Morgan fingerprint density at radius 3 is 2.60 bits per heavy atom. The summed E-state index contributed by atoms with van der Waals surface area (Å²) < 4.78 is 40.3. The summed E-state index contributed by atoms with van der Waals surface area (Å²) in [5, 5.41) is 13.1. The van der Waals surface area contributed by atoms with Crippen LogP contribution in [0.4, 0.5) is 18.9 Å². The molecule has 2 rings (SSSR count). The highest BCUT2D eigenvalue weighted by Gasteiger charge is 2.43. The first-order valence-corrected chi connectivity index (χ1v) is 7.47. The summed E-state index contributed by atoms with van der Waals surface area (Å²) in [6, 6.07) is 4.97. The fourth-order valence-corrected chi connectivity index (χ4v) is 2.38. The first kappa shape index (κ1) is 18.8. The van der Waals surface area contributed by atoms with E-state index in [0.717, 1.165) is 12.1 Å². The number of hydrogen-bond acceptors (Lipinski definition) is 3. The van der Waals surface area contributed by atoms with E-state index in [1.807, 2.05) is 0 Å². The molecule has 0 radical (unpaired) electrons. The van der Waals surface area contributed by atoms with Gasteiger partial charge in [-0.2, -0.15) is 18.3 Å². The summed E-state index contributed by atoms with van der Waals surface area (Å²) in [5.41, 5.74) is -0.844. The molecule has 0 spiro atoms. The van der Waals surface area contributed by atoms with Gasteiger partial charge in [0.15, 0.2) is 0 Å². The molecule has 0 aliphatic heterocycles. The van der Waals surface area contributed by atoms with Crippen molar-refractivity contribution in [1.82, 2.24) is 9.78 Å². The van der Waals surface area contributed by atoms with E-state index < -0.39 is 29.3 Å². The number of carboxylic acids is 1. The molecule has 0 saturated heterocycles. The number of aromatic carboxylic acids is 1. The Labute approximate surface area is 145 Å². The molecule has 0 unspecified atom stereocenters. The number of carbonyl (C=O) groups excluding carboxylic acids is 1. The Kier molecular flexibility index (Phi) is 5.68. The van der Waals surface area contributed by atoms with E-state index in [-0.39, 0.29) is 24.5 Å². The van der Waals surface area contributed by atoms with Crippen molar-refractivity contribution in [2.24, 2.45) is 0 Å². The maximum atomic E-state index is 12.9. The van der Waals surface area contributed by atoms with Gasteiger partial charge >= 0.3 is 18.1 Å². The topological polar surface area (TPSA) is 75.4 Å². The quantitative estimate of drug-likeness (QED) is 0.841. The molecule has 6 nitrogen and oxygen atoms in total. The Morgan fingerprint density at radius 1 is 1.32 bits per heavy atom. The molecule has 0 fully saturated rings. The van der Waals surface area contributed by atoms with Crippen molar-refractivity contribution >= 4 is 29.2 Å². The summed E-state index contributed by atoms with van der Waals surface area (Å²) in [7, 11) is 0. The largest absolute Gasteiger partial charge is 0.478 e. The van der Waals surface area contributed by atoms with Gasteiger partial charge in [0.05, 0.1) is 11.3 Å². The fraction of sp³-hybridized carbons (Fsp3) is 0.267. The van der Waals surface area contributed by atoms with E-state index in [1.165, 1.54) is 16.9 Å². The third-order valence-corrected chi connectivity index (χ3v) is 3.53. The maximum absolute atomic E-state index is 12.9. The van der Waals surface area contributed by atoms with E-state index >= 15 is 0 Å². The molecule has 0 atom stereocenters. The second-order valence-corrected chi connectivity index (χ2v) is 5.48. The molecule has 1 heterocycles. The van der Waals surface area contributed by atoms with E-state index in [4.69, 9.17) is 11.6 Å². The number of nitrogens with zero attached hydrogens (tertiary/aromatic N) is 3. The van der Waals surface area contributed by atoms with Gasteiger partial charge in [-0.05, 0) is 30.7 Å². The minimum atomic E-state index is -5.15. The number of carbonyl (C=O) groups is 2. The van der Waals surface area contributed by atoms with Gasteiger partial charge in [-0.1, -0.05) is 11.6 Å². The fourth-order valence-electron chi connectivity index (χ4n) is 2.22. The van der Waals surface area contributed by atoms with Crippen molar-refractivity contribution < 1.29 is 27.9 Å². The van der Waals surface area contributed by atoms with Crippen LogP contribution in [0.2, 0.25) is 5.02 Å². The van der Waals surface area contributed by atoms with E-state index in [9.17, 15) is 27.9 Å². The van der Waals surface area contributed by atoms with Crippen LogP contribution in [0.3, 0.4) is 0 Å². The molecule has 0 saturated carbocycles. The molecule has 0 aliphatic rings. The number of amides is 1. The van der Waals surface area contributed by atoms with Crippen molar-refractivity contribution in [3.05, 3.63) is 47.2 Å². The number of hydrogen-bond donors (Lipinski definition) is 1. The average molecular weight is 376 g/mol. The van der Waals surface area contributed by atoms with Crippen LogP contribution in [0.1, 0.15) is 16.8 Å². The van der Waals surface area contributed by atoms with E-state index in [0.29, 0.717) is 4.90 Å². The lowest BCUT2D eigenvalue weighted by Crippen LogP contribution is -2.42. The molecular weight excluding hydrogens is 363 g/mol. The third kappa shape index (κ3) is 4.72. The number of anilines is 1. The smallest absolute Gasteiger partial charge is 0.471 e. The molecule has 0 bridgehead atoms. The minimum absolute atomic E-state index is 0.0204. The molecule has 2 aromatic rings. The van der Waals surface area contributed by atoms with Gasteiger partial charge in [0.1, 0.15) is 0 Å². The minimum Gasteiger partial charge on any atom is -0.478 e. The van der Waals surface area contributed by atoms with Crippen LogP contribution < -0.4 is 4.90 Å². The van der Waals surface area contributed by atoms with Crippen LogP contribution >= 0.6 is 11.6 Å². The van der Waals surface area contributed by atoms with Crippen molar-refractivity contribution in [3.63, 3.8) is 0 Å². The zero-order valence-corrected chi connectivity index (χ0v) is 13.5. The standard InChI is InChI=1S/C15H13ClF3N3O3/c16-10-3-4-11(13(23)24)12(9-10)22(14(25)15(17,18)19)8-2-7-21-6-1-5-20-21/h1,3-6,9H,2,7-8H2,(H,23,24). The normalized spacial score (nSPS) is 11.4. The Balaban J connectivity index is 2.32. The van der Waals surface area contributed by atoms with Crippen LogP contribution in [0.5, 0.6) is 0 Å². The molecule has 10 heteroatoms. The van der Waals surface area contributed by atoms with Crippen molar-refractivity contribution in [1.29, 1.82) is 0 Å². The number of alkyl halides is 3. The Hall–Kier alpha value is -2.55. The number of aromatic nitrogens is 2. The summed E-state index contributed by atoms with van der Waals surface area (Å²) in [6.45, 7) is -0.0869. The predicted octanol–water partition coefficient (Wildman–Crippen LogP) is 3.22. The highest BCUT2D eigenvalue weighted by molar-refractivity contribution is 6.31. The summed E-state index contributed by atoms with van der Waals surface area (Å²) in [6.07, 6.45) is -1.88. The second-order valence-electron chi connectivity index (χ2n) is 5.04. The van der Waals surface area contributed by atoms with Gasteiger partial charge in [0.2, 0.25) is 0 Å². The number of carboxylic acid groups (broad SMARTS) is 1. The predicted molar refractivity (Wildman–Crippen MR) is 83.7 cm³/mol. The molecule has 1 amide bonds. The number of aryl methyl sites for hydroxylation is 1. The average Bonchev–Trinajstić information content (AvgIpc) is 3.03. The molecule has 1 aromatic carbocycles. The number of halogens is 4. The lowest BCUT2D eigenvalue weighted by Gasteiger charge is -2.25. The van der Waals surface area contributed by atoms with Crippen molar-refractivity contribution in [2.75, 3.05) is 11.4 Å². The molecule has 25 heavy (non-hydrogen) atoms. The van der Waals surface area contributed by atoms with Gasteiger partial charge in [0.25, 0.3) is 0 Å². The number of rotatable bonds is 6. The monoisotopic (exact) mass is 375 g/mol. The van der Waals surface area contributed by atoms with Gasteiger partial charge in [-0.15, -0.1) is 0 Å². The van der Waals surface area contributed by atoms with E-state index in [1.54, 1.807) is 12.3 Å². The molecule has 1 N–H and O–H groups in total. The Morgan fingerprint density at radius 2 is 2.04 bits per heavy atom. The third-order valence-electron chi connectivity index (χ3n) is 3.30. The van der Waals surface area contributed by atoms with Gasteiger partial charge in [0, 0.05) is 30.5 Å². The zero-order chi connectivity index (χ0) is 18.6. The summed E-state index contributed by atoms with van der Waals surface area (Å²) >= 11 is 5.77. The first-order valence-electron chi connectivity index (χ1n) is 7.09. The van der Waals surface area contributed by atoms with Crippen LogP contribution in [-0.2, 0) is 11.3 Å². The molecule has 0 aliphatic carbocycles. The van der Waals surface area contributed by atoms with Crippen LogP contribution in [-0.4, -0.2) is 39.5 Å². The van der Waals surface area contributed by atoms with Crippen molar-refractivity contribution in [3.8, 4) is 0 Å². The summed E-state index contributed by atoms with van der Waals surface area (Å²) in [4.78, 5) is 23.5. The molecule has 134 valence electrons. The highest BCUT2D eigenvalue weighted by atomic mass is 35.5. The molecular formula is C15H13ClF3N3O3. The highest BCUT2D eigenvalue weighted by Crippen LogP contribution is 2.29. The first-order chi connectivity index (χ1) is 11.7.